The second-order valence-electron chi connectivity index (χ2n) is 13.6. The highest BCUT2D eigenvalue weighted by atomic mass is 32.2. The van der Waals surface area contributed by atoms with E-state index in [2.05, 4.69) is 35.6 Å². The molecule has 2 aliphatic rings. The van der Waals surface area contributed by atoms with Gasteiger partial charge in [0.1, 0.15) is 12.1 Å². The number of thioether (sulfide) groups is 1. The highest BCUT2D eigenvalue weighted by Crippen LogP contribution is 2.42. The molecule has 3 aromatic carbocycles. The molecule has 9 nitrogen and oxygen atoms in total. The number of likely N-dealkylation sites (N-methyl/N-ethyl adjacent to an activating group) is 1. The summed E-state index contributed by atoms with van der Waals surface area (Å²) in [6.45, 7) is 10.4. The standard InChI is InChI=1S/C39H48N4O5S/c1-6-40-36(45)25-42(26-44)34-23-31(18-19-35(34)49-7-2)43(30-16-17-30)37(46)33-24-41(38(47)48-39(3,4)5)21-20-32(33)29-15-11-14-28(22-29)27-12-9-8-10-13-27/h8-15,18-19,22-23,26,30,32-33H,6-7,16-17,20-21,24-25H2,1-5H3,(H,40,45)/t32-,33?/m1/s1. The molecule has 10 heteroatoms. The first-order valence-corrected chi connectivity index (χ1v) is 18.2. The van der Waals surface area contributed by atoms with Crippen molar-refractivity contribution in [3.05, 3.63) is 78.4 Å². The maximum Gasteiger partial charge on any atom is 0.410 e. The van der Waals surface area contributed by atoms with Crippen molar-refractivity contribution in [2.75, 3.05) is 41.7 Å². The van der Waals surface area contributed by atoms with E-state index in [4.69, 9.17) is 4.74 Å². The first kappa shape index (κ1) is 36.0. The third-order valence-electron chi connectivity index (χ3n) is 8.80. The van der Waals surface area contributed by atoms with Gasteiger partial charge >= 0.3 is 6.09 Å². The molecule has 1 aliphatic carbocycles. The van der Waals surface area contributed by atoms with E-state index in [1.165, 1.54) is 4.90 Å². The fourth-order valence-electron chi connectivity index (χ4n) is 6.45. The molecule has 4 amide bonds. The normalized spacial score (nSPS) is 17.6. The van der Waals surface area contributed by atoms with Crippen LogP contribution in [-0.2, 0) is 19.1 Å². The predicted octanol–water partition coefficient (Wildman–Crippen LogP) is 7.10. The number of nitrogens with one attached hydrogen (secondary N) is 1. The molecule has 49 heavy (non-hydrogen) atoms. The summed E-state index contributed by atoms with van der Waals surface area (Å²) in [7, 11) is 0. The van der Waals surface area contributed by atoms with Crippen LogP contribution in [0.5, 0.6) is 0 Å². The van der Waals surface area contributed by atoms with Gasteiger partial charge in [-0.15, -0.1) is 11.8 Å². The lowest BCUT2D eigenvalue weighted by molar-refractivity contribution is -0.124. The summed E-state index contributed by atoms with van der Waals surface area (Å²) >= 11 is 1.58. The van der Waals surface area contributed by atoms with Crippen molar-refractivity contribution in [3.63, 3.8) is 0 Å². The Morgan fingerprint density at radius 2 is 1.69 bits per heavy atom. The number of piperidine rings is 1. The molecule has 260 valence electrons. The van der Waals surface area contributed by atoms with Crippen LogP contribution in [0.2, 0.25) is 0 Å². The van der Waals surface area contributed by atoms with Crippen molar-refractivity contribution in [1.29, 1.82) is 0 Å². The molecule has 3 aromatic rings. The Bertz CT molecular complexity index is 1640. The van der Waals surface area contributed by atoms with Crippen molar-refractivity contribution < 1.29 is 23.9 Å². The molecular weight excluding hydrogens is 637 g/mol. The second kappa shape index (κ2) is 15.9. The molecule has 0 bridgehead atoms. The average Bonchev–Trinajstić information content (AvgIpc) is 3.93. The second-order valence-corrected chi connectivity index (χ2v) is 14.9. The van der Waals surface area contributed by atoms with Gasteiger partial charge in [-0.1, -0.05) is 61.5 Å². The van der Waals surface area contributed by atoms with Crippen molar-refractivity contribution in [2.45, 2.75) is 76.3 Å². The lowest BCUT2D eigenvalue weighted by Crippen LogP contribution is -2.51. The van der Waals surface area contributed by atoms with E-state index in [0.29, 0.717) is 37.3 Å². The molecule has 2 fully saturated rings. The van der Waals surface area contributed by atoms with E-state index in [0.717, 1.165) is 40.2 Å². The van der Waals surface area contributed by atoms with Crippen molar-refractivity contribution in [2.24, 2.45) is 5.92 Å². The van der Waals surface area contributed by atoms with Crippen LogP contribution in [0.1, 0.15) is 65.4 Å². The van der Waals surface area contributed by atoms with Gasteiger partial charge in [-0.2, -0.15) is 0 Å². The van der Waals surface area contributed by atoms with Gasteiger partial charge in [0.15, 0.2) is 0 Å². The third kappa shape index (κ3) is 9.03. The average molecular weight is 685 g/mol. The zero-order valence-electron chi connectivity index (χ0n) is 29.2. The Hall–Kier alpha value is -4.31. The van der Waals surface area contributed by atoms with Crippen LogP contribution < -0.4 is 15.1 Å². The van der Waals surface area contributed by atoms with Crippen LogP contribution >= 0.6 is 11.8 Å². The van der Waals surface area contributed by atoms with E-state index in [-0.39, 0.29) is 36.9 Å². The molecule has 1 heterocycles. The molecule has 1 saturated heterocycles. The van der Waals surface area contributed by atoms with Gasteiger partial charge in [-0.3, -0.25) is 14.4 Å². The van der Waals surface area contributed by atoms with Gasteiger partial charge in [0, 0.05) is 36.3 Å². The minimum atomic E-state index is -0.662. The topological polar surface area (TPSA) is 99.3 Å². The number of benzene rings is 3. The molecule has 5 rings (SSSR count). The number of hydrogen-bond donors (Lipinski definition) is 1. The first-order chi connectivity index (χ1) is 23.5. The van der Waals surface area contributed by atoms with Gasteiger partial charge < -0.3 is 24.8 Å². The van der Waals surface area contributed by atoms with E-state index in [9.17, 15) is 19.2 Å². The van der Waals surface area contributed by atoms with Gasteiger partial charge in [-0.25, -0.2) is 4.79 Å². The van der Waals surface area contributed by atoms with Crippen LogP contribution in [0.3, 0.4) is 0 Å². The smallest absolute Gasteiger partial charge is 0.410 e. The largest absolute Gasteiger partial charge is 0.444 e. The summed E-state index contributed by atoms with van der Waals surface area (Å²) in [4.78, 5) is 59.0. The predicted molar refractivity (Wildman–Crippen MR) is 196 cm³/mol. The molecule has 1 saturated carbocycles. The van der Waals surface area contributed by atoms with Crippen LogP contribution in [0.25, 0.3) is 11.1 Å². The molecule has 0 spiro atoms. The van der Waals surface area contributed by atoms with Crippen LogP contribution in [0.4, 0.5) is 16.2 Å². The van der Waals surface area contributed by atoms with E-state index < -0.39 is 17.6 Å². The number of carbonyl (C=O) groups is 4. The zero-order chi connectivity index (χ0) is 35.1. The van der Waals surface area contributed by atoms with E-state index in [1.807, 2.05) is 82.0 Å². The molecule has 0 radical (unpaired) electrons. The van der Waals surface area contributed by atoms with Gasteiger partial charge in [0.2, 0.25) is 18.2 Å². The SMILES string of the molecule is CCNC(=O)CN(C=O)c1cc(N(C(=O)C2CN(C(=O)OC(C)(C)C)CC[C@@H]2c2cccc(-c3ccccc3)c2)C2CC2)ccc1SCC. The molecular formula is C39H48N4O5S. The molecule has 1 aliphatic heterocycles. The maximum absolute atomic E-state index is 15.0. The molecule has 1 N–H and O–H groups in total. The number of ether oxygens (including phenoxy) is 1. The van der Waals surface area contributed by atoms with Gasteiger partial charge in [0.25, 0.3) is 0 Å². The van der Waals surface area contributed by atoms with Gasteiger partial charge in [0.05, 0.1) is 11.6 Å². The summed E-state index contributed by atoms with van der Waals surface area (Å²) in [5.74, 6) is -0.201. The molecule has 0 aromatic heterocycles. The number of amides is 4. The lowest BCUT2D eigenvalue weighted by Gasteiger charge is -2.40. The highest BCUT2D eigenvalue weighted by molar-refractivity contribution is 7.99. The number of nitrogens with zero attached hydrogens (tertiary/aromatic N) is 3. The van der Waals surface area contributed by atoms with E-state index >= 15 is 0 Å². The maximum atomic E-state index is 15.0. The Morgan fingerprint density at radius 1 is 0.959 bits per heavy atom. The Kier molecular flexibility index (Phi) is 11.7. The van der Waals surface area contributed by atoms with Crippen LogP contribution in [0.15, 0.2) is 77.7 Å². The number of likely N-dealkylation sites (tertiary alicyclic amines) is 1. The first-order valence-electron chi connectivity index (χ1n) is 17.2. The Morgan fingerprint density at radius 3 is 2.35 bits per heavy atom. The van der Waals surface area contributed by atoms with Gasteiger partial charge in [-0.05, 0) is 93.5 Å². The highest BCUT2D eigenvalue weighted by Gasteiger charge is 2.44. The molecule has 1 unspecified atom stereocenters. The minimum absolute atomic E-state index is 0.00584. The minimum Gasteiger partial charge on any atom is -0.444 e. The quantitative estimate of drug-likeness (QED) is 0.162. The van der Waals surface area contributed by atoms with Crippen LogP contribution in [-0.4, -0.2) is 72.8 Å². The number of anilines is 2. The monoisotopic (exact) mass is 684 g/mol. The summed E-state index contributed by atoms with van der Waals surface area (Å²) in [5.41, 5.74) is 3.84. The number of rotatable bonds is 12. The third-order valence-corrected chi connectivity index (χ3v) is 9.74. The van der Waals surface area contributed by atoms with Crippen LogP contribution in [0, 0.1) is 5.92 Å². The number of carbonyl (C=O) groups excluding carboxylic acids is 4. The summed E-state index contributed by atoms with van der Waals surface area (Å²) in [5, 5.41) is 2.77. The van der Waals surface area contributed by atoms with Crippen molar-refractivity contribution in [3.8, 4) is 11.1 Å². The van der Waals surface area contributed by atoms with Crippen molar-refractivity contribution >= 4 is 47.5 Å². The summed E-state index contributed by atoms with van der Waals surface area (Å²) in [6, 6.07) is 24.3. The fourth-order valence-corrected chi connectivity index (χ4v) is 7.25. The summed E-state index contributed by atoms with van der Waals surface area (Å²) < 4.78 is 5.76. The lowest BCUT2D eigenvalue weighted by atomic mass is 9.79. The Labute approximate surface area is 294 Å². The fraction of sp³-hybridized carbons (Fsp3) is 0.436. The zero-order valence-corrected chi connectivity index (χ0v) is 30.0. The summed E-state index contributed by atoms with van der Waals surface area (Å²) in [6.07, 6.45) is 2.58. The number of hydrogen-bond acceptors (Lipinski definition) is 6. The van der Waals surface area contributed by atoms with Crippen molar-refractivity contribution in [1.82, 2.24) is 10.2 Å². The Balaban J connectivity index is 1.53. The molecule has 2 atom stereocenters. The van der Waals surface area contributed by atoms with E-state index in [1.54, 1.807) is 16.7 Å².